The number of rotatable bonds is 2. The highest BCUT2D eigenvalue weighted by Crippen LogP contribution is 2.30. The first-order valence-electron chi connectivity index (χ1n) is 8.92. The number of hydrogen-bond donors (Lipinski definition) is 3. The van der Waals surface area contributed by atoms with Gasteiger partial charge in [-0.05, 0) is 50.4 Å². The number of phenols is 1. The molecule has 4 atom stereocenters. The van der Waals surface area contributed by atoms with Gasteiger partial charge < -0.3 is 10.0 Å². The molecule has 24 heavy (non-hydrogen) atoms. The maximum absolute atomic E-state index is 12.9. The van der Waals surface area contributed by atoms with Gasteiger partial charge in [-0.3, -0.25) is 9.69 Å². The van der Waals surface area contributed by atoms with Crippen LogP contribution in [0.25, 0.3) is 0 Å². The van der Waals surface area contributed by atoms with Gasteiger partial charge in [0.05, 0.1) is 0 Å². The van der Waals surface area contributed by atoms with Gasteiger partial charge >= 0.3 is 0 Å². The predicted molar refractivity (Wildman–Crippen MR) is 91.3 cm³/mol. The van der Waals surface area contributed by atoms with E-state index in [0.717, 1.165) is 31.5 Å². The number of phenolic OH excluding ortho intramolecular Hbond substituents is 1. The van der Waals surface area contributed by atoms with E-state index in [9.17, 15) is 9.90 Å². The van der Waals surface area contributed by atoms with Crippen LogP contribution in [0.15, 0.2) is 24.3 Å². The molecule has 6 heteroatoms. The summed E-state index contributed by atoms with van der Waals surface area (Å²) in [4.78, 5) is 17.5. The molecule has 3 aliphatic heterocycles. The Bertz CT molecular complexity index is 606. The van der Waals surface area contributed by atoms with Gasteiger partial charge in [0, 0.05) is 31.2 Å². The summed E-state index contributed by atoms with van der Waals surface area (Å²) in [7, 11) is 2.20. The molecule has 3 heterocycles. The Balaban J connectivity index is 1.39. The second-order valence-corrected chi connectivity index (χ2v) is 7.34. The largest absolute Gasteiger partial charge is 0.508 e. The van der Waals surface area contributed by atoms with Crippen LogP contribution in [0.2, 0.25) is 0 Å². The SMILES string of the molecule is CN1[C@@H]2CC[C@H]1CN(C(=O)C1CC(c3ccc(O)cc3)NN1)CC2. The molecule has 0 radical (unpaired) electrons. The molecule has 0 aliphatic carbocycles. The third-order valence-electron chi connectivity index (χ3n) is 5.96. The fourth-order valence-corrected chi connectivity index (χ4v) is 4.37. The van der Waals surface area contributed by atoms with Gasteiger partial charge in [0.2, 0.25) is 5.91 Å². The van der Waals surface area contributed by atoms with Crippen LogP contribution in [-0.4, -0.2) is 59.1 Å². The summed E-state index contributed by atoms with van der Waals surface area (Å²) in [6.07, 6.45) is 4.30. The number of amides is 1. The van der Waals surface area contributed by atoms with Gasteiger partial charge in [0.25, 0.3) is 0 Å². The standard InChI is InChI=1S/C18H26N4O2/c1-21-13-4-5-14(21)11-22(9-8-13)18(24)17-10-16(19-20-17)12-2-6-15(23)7-3-12/h2-3,6-7,13-14,16-17,19-20,23H,4-5,8-11H2,1H3/t13-,14+,16?,17?/m1/s1. The average molecular weight is 330 g/mol. The van der Waals surface area contributed by atoms with E-state index < -0.39 is 0 Å². The van der Waals surface area contributed by atoms with Crippen LogP contribution in [0.3, 0.4) is 0 Å². The first-order valence-corrected chi connectivity index (χ1v) is 8.92. The summed E-state index contributed by atoms with van der Waals surface area (Å²) in [6.45, 7) is 1.72. The summed E-state index contributed by atoms with van der Waals surface area (Å²) in [5.74, 6) is 0.478. The van der Waals surface area contributed by atoms with Crippen molar-refractivity contribution in [3.8, 4) is 5.75 Å². The number of fused-ring (bicyclic) bond motifs is 2. The summed E-state index contributed by atoms with van der Waals surface area (Å²) >= 11 is 0. The lowest BCUT2D eigenvalue weighted by molar-refractivity contribution is -0.133. The minimum Gasteiger partial charge on any atom is -0.508 e. The molecule has 3 aliphatic rings. The molecule has 130 valence electrons. The van der Waals surface area contributed by atoms with Gasteiger partial charge in [0.15, 0.2) is 0 Å². The number of hydrogen-bond acceptors (Lipinski definition) is 5. The molecule has 3 fully saturated rings. The Kier molecular flexibility index (Phi) is 4.20. The second kappa shape index (κ2) is 6.35. The van der Waals surface area contributed by atoms with Crippen LogP contribution in [0, 0.1) is 0 Å². The first kappa shape index (κ1) is 15.9. The number of carbonyl (C=O) groups is 1. The highest BCUT2D eigenvalue weighted by Gasteiger charge is 2.39. The maximum Gasteiger partial charge on any atom is 0.241 e. The van der Waals surface area contributed by atoms with Crippen LogP contribution in [0.4, 0.5) is 0 Å². The van der Waals surface area contributed by atoms with Gasteiger partial charge in [-0.1, -0.05) is 12.1 Å². The molecule has 0 spiro atoms. The fourth-order valence-electron chi connectivity index (χ4n) is 4.37. The summed E-state index contributed by atoms with van der Waals surface area (Å²) in [5.41, 5.74) is 7.49. The summed E-state index contributed by atoms with van der Waals surface area (Å²) in [6, 6.07) is 8.27. The number of hydrazine groups is 1. The van der Waals surface area contributed by atoms with Crippen molar-refractivity contribution in [1.29, 1.82) is 0 Å². The zero-order chi connectivity index (χ0) is 16.7. The van der Waals surface area contributed by atoms with E-state index in [4.69, 9.17) is 0 Å². The Hall–Kier alpha value is -1.63. The molecule has 0 aromatic heterocycles. The second-order valence-electron chi connectivity index (χ2n) is 7.34. The number of nitrogens with one attached hydrogen (secondary N) is 2. The third-order valence-corrected chi connectivity index (χ3v) is 5.96. The Morgan fingerprint density at radius 2 is 1.88 bits per heavy atom. The van der Waals surface area contributed by atoms with Gasteiger partial charge in [-0.25, -0.2) is 10.9 Å². The number of benzene rings is 1. The Morgan fingerprint density at radius 3 is 2.67 bits per heavy atom. The molecule has 2 unspecified atom stereocenters. The van der Waals surface area contributed by atoms with Crippen LogP contribution in [0.5, 0.6) is 5.75 Å². The van der Waals surface area contributed by atoms with Crippen LogP contribution in [-0.2, 0) is 4.79 Å². The van der Waals surface area contributed by atoms with Crippen molar-refractivity contribution in [3.63, 3.8) is 0 Å². The van der Waals surface area contributed by atoms with Crippen molar-refractivity contribution in [2.24, 2.45) is 0 Å². The molecule has 4 rings (SSSR count). The zero-order valence-corrected chi connectivity index (χ0v) is 14.1. The predicted octanol–water partition coefficient (Wildman–Crippen LogP) is 0.995. The molecule has 2 bridgehead atoms. The number of aromatic hydroxyl groups is 1. The molecular weight excluding hydrogens is 304 g/mol. The minimum absolute atomic E-state index is 0.102. The van der Waals surface area contributed by atoms with E-state index in [1.165, 1.54) is 12.8 Å². The van der Waals surface area contributed by atoms with Gasteiger partial charge in [-0.2, -0.15) is 0 Å². The minimum atomic E-state index is -0.175. The van der Waals surface area contributed by atoms with Crippen molar-refractivity contribution in [2.75, 3.05) is 20.1 Å². The van der Waals surface area contributed by atoms with E-state index in [-0.39, 0.29) is 23.7 Å². The molecule has 1 amide bonds. The van der Waals surface area contributed by atoms with Crippen LogP contribution >= 0.6 is 0 Å². The van der Waals surface area contributed by atoms with Crippen molar-refractivity contribution >= 4 is 5.91 Å². The summed E-state index contributed by atoms with van der Waals surface area (Å²) in [5, 5.41) is 9.41. The third kappa shape index (κ3) is 2.90. The van der Waals surface area contributed by atoms with Crippen molar-refractivity contribution in [1.82, 2.24) is 20.7 Å². The summed E-state index contributed by atoms with van der Waals surface area (Å²) < 4.78 is 0. The lowest BCUT2D eigenvalue weighted by Gasteiger charge is -2.27. The highest BCUT2D eigenvalue weighted by atomic mass is 16.3. The van der Waals surface area contributed by atoms with E-state index >= 15 is 0 Å². The Morgan fingerprint density at radius 1 is 1.12 bits per heavy atom. The highest BCUT2D eigenvalue weighted by molar-refractivity contribution is 5.82. The molecule has 1 aromatic carbocycles. The van der Waals surface area contributed by atoms with E-state index in [0.29, 0.717) is 12.1 Å². The average Bonchev–Trinajstić information content (AvgIpc) is 3.13. The van der Waals surface area contributed by atoms with Gasteiger partial charge in [-0.15, -0.1) is 0 Å². The molecular formula is C18H26N4O2. The maximum atomic E-state index is 12.9. The van der Waals surface area contributed by atoms with E-state index in [2.05, 4.69) is 27.7 Å². The van der Waals surface area contributed by atoms with Gasteiger partial charge in [0.1, 0.15) is 11.8 Å². The molecule has 6 nitrogen and oxygen atoms in total. The van der Waals surface area contributed by atoms with Crippen LogP contribution in [0.1, 0.15) is 37.3 Å². The lowest BCUT2D eigenvalue weighted by atomic mass is 10.0. The van der Waals surface area contributed by atoms with E-state index in [1.54, 1.807) is 12.1 Å². The zero-order valence-electron chi connectivity index (χ0n) is 14.1. The lowest BCUT2D eigenvalue weighted by Crippen LogP contribution is -2.48. The first-order chi connectivity index (χ1) is 11.6. The topological polar surface area (TPSA) is 67.8 Å². The Labute approximate surface area is 142 Å². The van der Waals surface area contributed by atoms with Crippen molar-refractivity contribution < 1.29 is 9.90 Å². The number of likely N-dealkylation sites (N-methyl/N-ethyl adjacent to an activating group) is 1. The molecule has 3 saturated heterocycles. The quantitative estimate of drug-likeness (QED) is 0.755. The number of nitrogens with zero attached hydrogens (tertiary/aromatic N) is 2. The normalized spacial score (nSPS) is 33.6. The van der Waals surface area contributed by atoms with Crippen molar-refractivity contribution in [3.05, 3.63) is 29.8 Å². The molecule has 3 N–H and O–H groups in total. The number of likely N-dealkylation sites (tertiary alicyclic amines) is 1. The monoisotopic (exact) mass is 330 g/mol. The molecule has 0 saturated carbocycles. The number of carbonyl (C=O) groups excluding carboxylic acids is 1. The van der Waals surface area contributed by atoms with Crippen molar-refractivity contribution in [2.45, 2.75) is 49.9 Å². The fraction of sp³-hybridized carbons (Fsp3) is 0.611. The molecule has 1 aromatic rings. The van der Waals surface area contributed by atoms with E-state index in [1.807, 2.05) is 12.1 Å². The van der Waals surface area contributed by atoms with Crippen LogP contribution < -0.4 is 10.9 Å². The smallest absolute Gasteiger partial charge is 0.241 e.